The normalized spacial score (nSPS) is 40.1. The number of allylic oxidation sites excluding steroid dienone is 3. The van der Waals surface area contributed by atoms with Crippen molar-refractivity contribution in [2.45, 2.75) is 125 Å². The van der Waals surface area contributed by atoms with Crippen molar-refractivity contribution in [3.63, 3.8) is 0 Å². The summed E-state index contributed by atoms with van der Waals surface area (Å²) in [5, 5.41) is 13.4. The van der Waals surface area contributed by atoms with Crippen molar-refractivity contribution in [1.82, 2.24) is 10.2 Å². The molecule has 7 rings (SSSR count). The molecule has 0 unspecified atom stereocenters. The molecule has 6 nitrogen and oxygen atoms in total. The van der Waals surface area contributed by atoms with Crippen molar-refractivity contribution < 1.29 is 19.5 Å². The third kappa shape index (κ3) is 5.62. The molecule has 1 saturated heterocycles. The van der Waals surface area contributed by atoms with Crippen LogP contribution in [0.1, 0.15) is 141 Å². The molecule has 1 heterocycles. The van der Waals surface area contributed by atoms with E-state index >= 15 is 0 Å². The number of benzene rings is 1. The fourth-order valence-corrected chi connectivity index (χ4v) is 14.2. The van der Waals surface area contributed by atoms with Crippen molar-refractivity contribution in [3.05, 3.63) is 53.6 Å². The number of hydrogen-bond acceptors (Lipinski definition) is 4. The van der Waals surface area contributed by atoms with Crippen LogP contribution < -0.4 is 5.32 Å². The zero-order valence-corrected chi connectivity index (χ0v) is 32.4. The maximum Gasteiger partial charge on any atom is 0.335 e. The van der Waals surface area contributed by atoms with Crippen LogP contribution in [-0.2, 0) is 9.59 Å². The number of aromatic carboxylic acids is 1. The second-order valence-electron chi connectivity index (χ2n) is 19.3. The topological polar surface area (TPSA) is 86.7 Å². The van der Waals surface area contributed by atoms with E-state index in [-0.39, 0.29) is 38.9 Å². The maximum atomic E-state index is 12.3. The summed E-state index contributed by atoms with van der Waals surface area (Å²) in [6, 6.07) is 7.58. The molecule has 0 radical (unpaired) electrons. The number of hydrogen-bond donors (Lipinski definition) is 2. The van der Waals surface area contributed by atoms with Gasteiger partial charge in [0.25, 0.3) is 0 Å². The van der Waals surface area contributed by atoms with Crippen molar-refractivity contribution in [3.8, 4) is 0 Å². The minimum Gasteiger partial charge on any atom is -0.478 e. The molecule has 2 N–H and O–H groups in total. The number of imide groups is 1. The molecule has 1 aromatic carbocycles. The summed E-state index contributed by atoms with van der Waals surface area (Å²) in [5.74, 6) is 2.32. The minimum absolute atomic E-state index is 0.00378. The van der Waals surface area contributed by atoms with Crippen molar-refractivity contribution in [2.24, 2.45) is 56.7 Å². The first-order valence-corrected chi connectivity index (χ1v) is 20.3. The van der Waals surface area contributed by atoms with Gasteiger partial charge in [-0.15, -0.1) is 0 Å². The molecule has 51 heavy (non-hydrogen) atoms. The molecule has 4 saturated carbocycles. The largest absolute Gasteiger partial charge is 0.478 e. The van der Waals surface area contributed by atoms with Gasteiger partial charge in [-0.3, -0.25) is 14.5 Å². The van der Waals surface area contributed by atoms with Crippen LogP contribution in [0.5, 0.6) is 0 Å². The number of amides is 2. The highest BCUT2D eigenvalue weighted by Crippen LogP contribution is 2.77. The summed E-state index contributed by atoms with van der Waals surface area (Å²) >= 11 is 0. The van der Waals surface area contributed by atoms with Gasteiger partial charge in [0.1, 0.15) is 0 Å². The molecule has 0 spiro atoms. The Morgan fingerprint density at radius 1 is 0.902 bits per heavy atom. The Labute approximate surface area is 307 Å². The van der Waals surface area contributed by atoms with E-state index in [1.54, 1.807) is 12.1 Å². The van der Waals surface area contributed by atoms with Crippen LogP contribution in [0.25, 0.3) is 5.57 Å². The predicted octanol–water partition coefficient (Wildman–Crippen LogP) is 9.55. The molecule has 5 fully saturated rings. The molecule has 0 bridgehead atoms. The van der Waals surface area contributed by atoms with Gasteiger partial charge in [-0.25, -0.2) is 4.79 Å². The standard InChI is InChI=1S/C45H64N2O4/c1-29(2)32-18-23-45(28-46-26-9-27-47-37(48)10-8-11-38(47)49)25-24-43(6)34(39(32)45)16-17-36-42(5)21-19-33(30-12-14-31(15-13-30)40(50)51)41(3,4)35(42)20-22-44(36,43)7/h12-15,19,32,34-36,39,46H,1,8-11,16-18,20-28H2,2-7H3,(H,50,51)/t32-,34+,35-,36+,39+,42-,43+,44+,45+/m0/s1. The Balaban J connectivity index is 1.11. The lowest BCUT2D eigenvalue weighted by atomic mass is 9.32. The molecule has 6 heteroatoms. The molecule has 1 aliphatic heterocycles. The zero-order valence-electron chi connectivity index (χ0n) is 32.4. The number of carboxylic acids is 1. The SMILES string of the molecule is C=C(C)[C@@H]1CC[C@]2(CNCCCN3C(=O)CCCC3=O)CC[C@]3(C)[C@H](CC[C@@H]4[C@@]5(C)CC=C(c6ccc(C(=O)O)cc6)C(C)(C)[C@@H]5CC[C@]43C)[C@@H]12. The Hall–Kier alpha value is -2.73. The van der Waals surface area contributed by atoms with Crippen molar-refractivity contribution in [1.29, 1.82) is 0 Å². The van der Waals surface area contributed by atoms with Crippen LogP contribution >= 0.6 is 0 Å². The third-order valence-corrected chi connectivity index (χ3v) is 16.9. The van der Waals surface area contributed by atoms with E-state index in [0.29, 0.717) is 61.0 Å². The number of carboxylic acid groups (broad SMARTS) is 1. The molecule has 6 aliphatic rings. The Morgan fingerprint density at radius 2 is 1.61 bits per heavy atom. The fraction of sp³-hybridized carbons (Fsp3) is 0.711. The van der Waals surface area contributed by atoms with Crippen LogP contribution in [0.2, 0.25) is 0 Å². The second-order valence-corrected chi connectivity index (χ2v) is 19.3. The average Bonchev–Trinajstić information content (AvgIpc) is 3.46. The van der Waals surface area contributed by atoms with Gasteiger partial charge >= 0.3 is 5.97 Å². The summed E-state index contributed by atoms with van der Waals surface area (Å²) in [5.41, 5.74) is 5.38. The van der Waals surface area contributed by atoms with E-state index in [0.717, 1.165) is 25.9 Å². The smallest absolute Gasteiger partial charge is 0.335 e. The number of fused-ring (bicyclic) bond motifs is 7. The lowest BCUT2D eigenvalue weighted by molar-refractivity contribution is -0.225. The summed E-state index contributed by atoms with van der Waals surface area (Å²) in [7, 11) is 0. The number of piperidine rings is 1. The Morgan fingerprint density at radius 3 is 2.27 bits per heavy atom. The number of nitrogens with zero attached hydrogens (tertiary/aromatic N) is 1. The van der Waals surface area contributed by atoms with Crippen LogP contribution in [0.15, 0.2) is 42.5 Å². The number of likely N-dealkylation sites (tertiary alicyclic amines) is 1. The molecule has 9 atom stereocenters. The van der Waals surface area contributed by atoms with Gasteiger partial charge in [-0.1, -0.05) is 65.0 Å². The van der Waals surface area contributed by atoms with E-state index in [2.05, 4.69) is 59.5 Å². The van der Waals surface area contributed by atoms with E-state index in [4.69, 9.17) is 0 Å². The number of carbonyl (C=O) groups excluding carboxylic acids is 2. The van der Waals surface area contributed by atoms with Gasteiger partial charge in [0, 0.05) is 25.9 Å². The molecule has 1 aromatic rings. The Bertz CT molecular complexity index is 1590. The lowest BCUT2D eigenvalue weighted by Crippen LogP contribution is -2.65. The van der Waals surface area contributed by atoms with Crippen LogP contribution in [0, 0.1) is 56.7 Å². The summed E-state index contributed by atoms with van der Waals surface area (Å²) in [6.07, 6.45) is 16.4. The lowest BCUT2D eigenvalue weighted by Gasteiger charge is -2.72. The van der Waals surface area contributed by atoms with Crippen LogP contribution in [-0.4, -0.2) is 47.4 Å². The Kier molecular flexibility index (Phi) is 9.33. The maximum absolute atomic E-state index is 12.3. The van der Waals surface area contributed by atoms with Crippen molar-refractivity contribution >= 4 is 23.4 Å². The first kappa shape index (κ1) is 36.6. The van der Waals surface area contributed by atoms with Crippen LogP contribution in [0.3, 0.4) is 0 Å². The second kappa shape index (κ2) is 13.0. The highest BCUT2D eigenvalue weighted by Gasteiger charge is 2.70. The quantitative estimate of drug-likeness (QED) is 0.153. The van der Waals surface area contributed by atoms with Crippen molar-refractivity contribution in [2.75, 3.05) is 19.6 Å². The van der Waals surface area contributed by atoms with Gasteiger partial charge in [-0.05, 0) is 164 Å². The summed E-state index contributed by atoms with van der Waals surface area (Å²) < 4.78 is 0. The zero-order chi connectivity index (χ0) is 36.6. The molecule has 2 amide bonds. The highest BCUT2D eigenvalue weighted by molar-refractivity contribution is 5.97. The molecular weight excluding hydrogens is 633 g/mol. The van der Waals surface area contributed by atoms with E-state index < -0.39 is 5.97 Å². The van der Waals surface area contributed by atoms with E-state index in [9.17, 15) is 19.5 Å². The van der Waals surface area contributed by atoms with Gasteiger partial charge < -0.3 is 10.4 Å². The third-order valence-electron chi connectivity index (χ3n) is 16.9. The summed E-state index contributed by atoms with van der Waals surface area (Å²) in [4.78, 5) is 37.8. The molecular formula is C45H64N2O4. The fourth-order valence-electron chi connectivity index (χ4n) is 14.2. The number of nitrogens with one attached hydrogen (secondary N) is 1. The summed E-state index contributed by atoms with van der Waals surface area (Å²) in [6.45, 7) is 22.3. The number of carbonyl (C=O) groups is 3. The van der Waals surface area contributed by atoms with E-state index in [1.807, 2.05) is 12.1 Å². The molecule has 278 valence electrons. The number of rotatable bonds is 9. The van der Waals surface area contributed by atoms with Crippen LogP contribution in [0.4, 0.5) is 0 Å². The first-order valence-electron chi connectivity index (χ1n) is 20.3. The van der Waals surface area contributed by atoms with Gasteiger partial charge in [-0.2, -0.15) is 0 Å². The average molecular weight is 697 g/mol. The van der Waals surface area contributed by atoms with Gasteiger partial charge in [0.2, 0.25) is 11.8 Å². The van der Waals surface area contributed by atoms with Gasteiger partial charge in [0.05, 0.1) is 5.56 Å². The monoisotopic (exact) mass is 696 g/mol. The first-order chi connectivity index (χ1) is 24.1. The highest BCUT2D eigenvalue weighted by atomic mass is 16.4. The molecule has 0 aromatic heterocycles. The van der Waals surface area contributed by atoms with Gasteiger partial charge in [0.15, 0.2) is 0 Å². The molecule has 5 aliphatic carbocycles. The predicted molar refractivity (Wildman–Crippen MR) is 204 cm³/mol. The van der Waals surface area contributed by atoms with E-state index in [1.165, 1.54) is 73.0 Å². The minimum atomic E-state index is -0.870.